The Balaban J connectivity index is 1.60. The van der Waals surface area contributed by atoms with E-state index in [2.05, 4.69) is 10.3 Å². The second-order valence-corrected chi connectivity index (χ2v) is 7.55. The predicted molar refractivity (Wildman–Crippen MR) is 115 cm³/mol. The number of methoxy groups -OCH3 is 1. The number of H-pyrrole nitrogens is 1. The van der Waals surface area contributed by atoms with E-state index in [0.29, 0.717) is 40.6 Å². The molecule has 1 aliphatic carbocycles. The van der Waals surface area contributed by atoms with Gasteiger partial charge in [0, 0.05) is 23.4 Å². The van der Waals surface area contributed by atoms with E-state index in [1.165, 1.54) is 19.2 Å². The molecule has 4 rings (SSSR count). The Kier molecular flexibility index (Phi) is 5.42. The van der Waals surface area contributed by atoms with E-state index in [-0.39, 0.29) is 17.3 Å². The molecular formula is C23H19ClN2O4. The van der Waals surface area contributed by atoms with Crippen LogP contribution in [0.15, 0.2) is 59.4 Å². The number of pyridine rings is 1. The molecule has 2 N–H and O–H groups in total. The van der Waals surface area contributed by atoms with Crippen molar-refractivity contribution in [2.45, 2.75) is 18.8 Å². The number of carbonyl (C=O) groups is 2. The Morgan fingerprint density at radius 2 is 1.87 bits per heavy atom. The number of amides is 1. The predicted octanol–water partition coefficient (Wildman–Crippen LogP) is 4.20. The summed E-state index contributed by atoms with van der Waals surface area (Å²) in [7, 11) is 1.49. The third-order valence-corrected chi connectivity index (χ3v) is 5.53. The van der Waals surface area contributed by atoms with Crippen LogP contribution in [0.3, 0.4) is 0 Å². The maximum atomic E-state index is 12.7. The van der Waals surface area contributed by atoms with Crippen LogP contribution in [0.4, 0.5) is 5.69 Å². The number of fused-ring (bicyclic) bond motifs is 1. The smallest absolute Gasteiger partial charge is 0.261 e. The topological polar surface area (TPSA) is 88.3 Å². The molecule has 0 radical (unpaired) electrons. The number of halogens is 1. The highest BCUT2D eigenvalue weighted by atomic mass is 35.5. The molecule has 1 aliphatic rings. The van der Waals surface area contributed by atoms with E-state index in [0.717, 1.165) is 5.56 Å². The van der Waals surface area contributed by atoms with Crippen LogP contribution in [0.5, 0.6) is 5.75 Å². The van der Waals surface area contributed by atoms with Crippen molar-refractivity contribution in [3.63, 3.8) is 0 Å². The maximum absolute atomic E-state index is 12.7. The van der Waals surface area contributed by atoms with Crippen molar-refractivity contribution in [1.82, 2.24) is 4.98 Å². The lowest BCUT2D eigenvalue weighted by atomic mass is 9.81. The Labute approximate surface area is 177 Å². The van der Waals surface area contributed by atoms with Crippen molar-refractivity contribution in [3.8, 4) is 5.75 Å². The van der Waals surface area contributed by atoms with Crippen molar-refractivity contribution in [2.24, 2.45) is 0 Å². The number of ketones is 1. The molecule has 0 unspecified atom stereocenters. The minimum absolute atomic E-state index is 0.00275. The van der Waals surface area contributed by atoms with Crippen molar-refractivity contribution >= 4 is 29.0 Å². The van der Waals surface area contributed by atoms with Gasteiger partial charge in [0.1, 0.15) is 11.3 Å². The first-order chi connectivity index (χ1) is 14.5. The molecule has 1 amide bonds. The Hall–Kier alpha value is -3.38. The number of Topliss-reactive ketones (excluding diaryl/α,β-unsaturated/α-hetero) is 1. The van der Waals surface area contributed by atoms with Gasteiger partial charge in [0.25, 0.3) is 11.5 Å². The molecule has 0 saturated carbocycles. The van der Waals surface area contributed by atoms with Gasteiger partial charge < -0.3 is 15.0 Å². The molecule has 152 valence electrons. The second-order valence-electron chi connectivity index (χ2n) is 7.15. The average Bonchev–Trinajstić information content (AvgIpc) is 2.74. The summed E-state index contributed by atoms with van der Waals surface area (Å²) in [5.74, 6) is -0.232. The Bertz CT molecular complexity index is 1190. The highest BCUT2D eigenvalue weighted by Gasteiger charge is 2.28. The van der Waals surface area contributed by atoms with Gasteiger partial charge in [-0.2, -0.15) is 0 Å². The first kappa shape index (κ1) is 19.9. The minimum atomic E-state index is -0.613. The van der Waals surface area contributed by atoms with Crippen molar-refractivity contribution < 1.29 is 14.3 Å². The van der Waals surface area contributed by atoms with Gasteiger partial charge in [-0.1, -0.05) is 41.9 Å². The zero-order valence-electron chi connectivity index (χ0n) is 16.2. The number of benzene rings is 2. The lowest BCUT2D eigenvalue weighted by Gasteiger charge is -2.24. The zero-order chi connectivity index (χ0) is 21.3. The van der Waals surface area contributed by atoms with Gasteiger partial charge in [0.15, 0.2) is 5.78 Å². The van der Waals surface area contributed by atoms with Gasteiger partial charge in [0.2, 0.25) is 0 Å². The molecule has 0 bridgehead atoms. The van der Waals surface area contributed by atoms with Gasteiger partial charge >= 0.3 is 0 Å². The second kappa shape index (κ2) is 8.16. The molecule has 7 heteroatoms. The van der Waals surface area contributed by atoms with Crippen LogP contribution in [-0.4, -0.2) is 23.8 Å². The van der Waals surface area contributed by atoms with Crippen LogP contribution in [0.1, 0.15) is 44.3 Å². The van der Waals surface area contributed by atoms with Crippen LogP contribution in [0.2, 0.25) is 5.02 Å². The van der Waals surface area contributed by atoms with Crippen LogP contribution in [0.25, 0.3) is 0 Å². The van der Waals surface area contributed by atoms with E-state index in [1.807, 2.05) is 30.3 Å². The summed E-state index contributed by atoms with van der Waals surface area (Å²) in [6, 6.07) is 15.9. The summed E-state index contributed by atoms with van der Waals surface area (Å²) in [6.07, 6.45) is 0.870. The zero-order valence-corrected chi connectivity index (χ0v) is 17.0. The molecule has 0 spiro atoms. The van der Waals surface area contributed by atoms with Crippen molar-refractivity contribution in [3.05, 3.63) is 92.4 Å². The SMILES string of the molecule is COc1ccc(NC(=O)c2cc3c([nH]c2=O)C[C@H](c2ccccc2)CC3=O)cc1Cl. The first-order valence-electron chi connectivity index (χ1n) is 9.45. The lowest BCUT2D eigenvalue weighted by molar-refractivity contribution is 0.0963. The number of anilines is 1. The van der Waals surface area contributed by atoms with E-state index in [4.69, 9.17) is 16.3 Å². The molecule has 0 saturated heterocycles. The summed E-state index contributed by atoms with van der Waals surface area (Å²) >= 11 is 6.08. The molecular weight excluding hydrogens is 404 g/mol. The molecule has 1 atom stereocenters. The van der Waals surface area contributed by atoms with Crippen LogP contribution < -0.4 is 15.6 Å². The van der Waals surface area contributed by atoms with E-state index in [9.17, 15) is 14.4 Å². The van der Waals surface area contributed by atoms with Gasteiger partial charge in [-0.05, 0) is 42.2 Å². The van der Waals surface area contributed by atoms with Gasteiger partial charge in [-0.25, -0.2) is 0 Å². The molecule has 3 aromatic rings. The van der Waals surface area contributed by atoms with Crippen molar-refractivity contribution in [2.75, 3.05) is 12.4 Å². The van der Waals surface area contributed by atoms with E-state index in [1.54, 1.807) is 12.1 Å². The number of ether oxygens (including phenoxy) is 1. The Morgan fingerprint density at radius 1 is 1.10 bits per heavy atom. The number of rotatable bonds is 4. The number of aromatic nitrogens is 1. The fourth-order valence-electron chi connectivity index (χ4n) is 3.70. The van der Waals surface area contributed by atoms with Crippen molar-refractivity contribution in [1.29, 1.82) is 0 Å². The summed E-state index contributed by atoms with van der Waals surface area (Å²) in [5, 5.41) is 2.97. The van der Waals surface area contributed by atoms with E-state index >= 15 is 0 Å². The summed E-state index contributed by atoms with van der Waals surface area (Å²) in [4.78, 5) is 40.7. The number of nitrogens with one attached hydrogen (secondary N) is 2. The van der Waals surface area contributed by atoms with Crippen LogP contribution in [-0.2, 0) is 6.42 Å². The maximum Gasteiger partial charge on any atom is 0.261 e. The average molecular weight is 423 g/mol. The molecule has 1 aromatic heterocycles. The monoisotopic (exact) mass is 422 g/mol. The fourth-order valence-corrected chi connectivity index (χ4v) is 3.96. The highest BCUT2D eigenvalue weighted by molar-refractivity contribution is 6.32. The fraction of sp³-hybridized carbons (Fsp3) is 0.174. The summed E-state index contributed by atoms with van der Waals surface area (Å²) in [6.45, 7) is 0. The molecule has 6 nitrogen and oxygen atoms in total. The van der Waals surface area contributed by atoms with Crippen LogP contribution in [0, 0.1) is 0 Å². The molecule has 0 aliphatic heterocycles. The Morgan fingerprint density at radius 3 is 2.57 bits per heavy atom. The van der Waals surface area contributed by atoms with Gasteiger partial charge in [0.05, 0.1) is 12.1 Å². The summed E-state index contributed by atoms with van der Waals surface area (Å²) < 4.78 is 5.09. The number of hydrogen-bond donors (Lipinski definition) is 2. The molecule has 1 heterocycles. The van der Waals surface area contributed by atoms with Gasteiger partial charge in [-0.3, -0.25) is 14.4 Å². The quantitative estimate of drug-likeness (QED) is 0.659. The first-order valence-corrected chi connectivity index (χ1v) is 9.83. The molecule has 2 aromatic carbocycles. The third kappa shape index (κ3) is 3.86. The number of hydrogen-bond acceptors (Lipinski definition) is 4. The van der Waals surface area contributed by atoms with E-state index < -0.39 is 11.5 Å². The standard InChI is InChI=1S/C23H19ClN2O4/c1-30-21-8-7-15(11-18(21)24)25-22(28)17-12-16-19(26-23(17)29)9-14(10-20(16)27)13-5-3-2-4-6-13/h2-8,11-12,14H,9-10H2,1H3,(H,25,28)(H,26,29)/t14-/m0/s1. The number of carbonyl (C=O) groups excluding carboxylic acids is 2. The number of aromatic amines is 1. The lowest BCUT2D eigenvalue weighted by Crippen LogP contribution is -2.29. The third-order valence-electron chi connectivity index (χ3n) is 5.23. The molecule has 30 heavy (non-hydrogen) atoms. The summed E-state index contributed by atoms with van der Waals surface area (Å²) in [5.41, 5.74) is 1.77. The molecule has 0 fully saturated rings. The van der Waals surface area contributed by atoms with Crippen LogP contribution >= 0.6 is 11.6 Å². The normalized spacial score (nSPS) is 15.4. The van der Waals surface area contributed by atoms with Gasteiger partial charge in [-0.15, -0.1) is 0 Å². The highest BCUT2D eigenvalue weighted by Crippen LogP contribution is 2.32. The largest absolute Gasteiger partial charge is 0.495 e. The minimum Gasteiger partial charge on any atom is -0.495 e.